The standard InChI is InChI=1S/C30H28N8/c1-21-13-25-17-37-28(16-30(33-37)24-11-7-4-8-12-24)20-36-22(2)14-26(32-36)18-38-27(19-35(21)31-25)15-29(34-38)23-9-5-3-6-10-23/h3-16H,17-20H2,1-2H3. The zero-order valence-electron chi connectivity index (χ0n) is 21.5. The van der Waals surface area contributed by atoms with Crippen LogP contribution in [0.1, 0.15) is 34.2 Å². The van der Waals surface area contributed by atoms with Gasteiger partial charge < -0.3 is 0 Å². The van der Waals surface area contributed by atoms with E-state index in [1.54, 1.807) is 0 Å². The lowest BCUT2D eigenvalue weighted by atomic mass is 10.1. The van der Waals surface area contributed by atoms with E-state index in [4.69, 9.17) is 20.4 Å². The van der Waals surface area contributed by atoms with Gasteiger partial charge in [0.1, 0.15) is 0 Å². The van der Waals surface area contributed by atoms with E-state index in [1.807, 2.05) is 36.4 Å². The Labute approximate surface area is 220 Å². The number of fused-ring (bicyclic) bond motifs is 6. The molecule has 6 aromatic rings. The average molecular weight is 501 g/mol. The molecule has 7 rings (SSSR count). The van der Waals surface area contributed by atoms with Gasteiger partial charge in [0, 0.05) is 22.5 Å². The van der Waals surface area contributed by atoms with Gasteiger partial charge >= 0.3 is 0 Å². The van der Waals surface area contributed by atoms with Gasteiger partial charge in [0.15, 0.2) is 0 Å². The van der Waals surface area contributed by atoms with Crippen molar-refractivity contribution in [3.05, 3.63) is 119 Å². The second-order valence-electron chi connectivity index (χ2n) is 9.96. The van der Waals surface area contributed by atoms with Gasteiger partial charge in [-0.15, -0.1) is 0 Å². The van der Waals surface area contributed by atoms with Crippen LogP contribution in [0.3, 0.4) is 0 Å². The fraction of sp³-hybridized carbons (Fsp3) is 0.200. The third-order valence-corrected chi connectivity index (χ3v) is 7.18. The van der Waals surface area contributed by atoms with Crippen LogP contribution in [0.4, 0.5) is 0 Å². The van der Waals surface area contributed by atoms with E-state index >= 15 is 0 Å². The summed E-state index contributed by atoms with van der Waals surface area (Å²) in [5.41, 5.74) is 10.5. The van der Waals surface area contributed by atoms with Crippen LogP contribution >= 0.6 is 0 Å². The molecule has 0 saturated carbocycles. The van der Waals surface area contributed by atoms with Crippen molar-refractivity contribution >= 4 is 0 Å². The number of nitrogens with zero attached hydrogens (tertiary/aromatic N) is 8. The van der Waals surface area contributed by atoms with E-state index in [0.29, 0.717) is 26.2 Å². The smallest absolute Gasteiger partial charge is 0.0926 e. The Hall–Kier alpha value is -4.72. The summed E-state index contributed by atoms with van der Waals surface area (Å²) in [7, 11) is 0. The molecular weight excluding hydrogens is 472 g/mol. The van der Waals surface area contributed by atoms with Crippen LogP contribution in [-0.4, -0.2) is 39.1 Å². The number of aryl methyl sites for hydroxylation is 2. The summed E-state index contributed by atoms with van der Waals surface area (Å²) < 4.78 is 8.26. The lowest BCUT2D eigenvalue weighted by Crippen LogP contribution is -2.15. The number of benzene rings is 2. The second kappa shape index (κ2) is 8.99. The Bertz CT molecular complexity index is 1600. The molecule has 38 heavy (non-hydrogen) atoms. The number of hydrogen-bond acceptors (Lipinski definition) is 4. The van der Waals surface area contributed by atoms with Gasteiger partial charge in [0.25, 0.3) is 0 Å². The number of rotatable bonds is 2. The van der Waals surface area contributed by atoms with Crippen molar-refractivity contribution in [2.75, 3.05) is 0 Å². The molecule has 1 aliphatic rings. The fourth-order valence-corrected chi connectivity index (χ4v) is 5.18. The summed E-state index contributed by atoms with van der Waals surface area (Å²) in [5, 5.41) is 20.0. The fourth-order valence-electron chi connectivity index (χ4n) is 5.18. The lowest BCUT2D eigenvalue weighted by molar-refractivity contribution is 0.538. The van der Waals surface area contributed by atoms with Crippen molar-refractivity contribution in [2.24, 2.45) is 0 Å². The monoisotopic (exact) mass is 500 g/mol. The maximum absolute atomic E-state index is 4.99. The van der Waals surface area contributed by atoms with E-state index in [0.717, 1.165) is 56.7 Å². The molecule has 0 fully saturated rings. The molecule has 0 aliphatic carbocycles. The van der Waals surface area contributed by atoms with Crippen LogP contribution in [0.5, 0.6) is 0 Å². The van der Waals surface area contributed by atoms with Gasteiger partial charge in [-0.25, -0.2) is 0 Å². The predicted octanol–water partition coefficient (Wildman–Crippen LogP) is 4.93. The summed E-state index contributed by atoms with van der Waals surface area (Å²) >= 11 is 0. The van der Waals surface area contributed by atoms with Crippen molar-refractivity contribution in [2.45, 2.75) is 40.0 Å². The molecular formula is C30H28N8. The van der Waals surface area contributed by atoms with Crippen molar-refractivity contribution in [1.29, 1.82) is 0 Å². The van der Waals surface area contributed by atoms with Crippen LogP contribution in [0, 0.1) is 13.8 Å². The van der Waals surface area contributed by atoms with E-state index in [1.165, 1.54) is 0 Å². The van der Waals surface area contributed by atoms with Crippen LogP contribution in [-0.2, 0) is 26.2 Å². The van der Waals surface area contributed by atoms with Crippen LogP contribution in [0.25, 0.3) is 22.5 Å². The quantitative estimate of drug-likeness (QED) is 0.338. The number of aromatic nitrogens is 8. The van der Waals surface area contributed by atoms with E-state index < -0.39 is 0 Å². The molecule has 0 unspecified atom stereocenters. The van der Waals surface area contributed by atoms with Crippen molar-refractivity contribution in [3.8, 4) is 22.5 Å². The van der Waals surface area contributed by atoms with E-state index in [-0.39, 0.29) is 0 Å². The van der Waals surface area contributed by atoms with Gasteiger partial charge in [-0.1, -0.05) is 60.7 Å². The van der Waals surface area contributed by atoms with E-state index in [2.05, 4.69) is 81.1 Å². The predicted molar refractivity (Wildman–Crippen MR) is 146 cm³/mol. The molecule has 1 aliphatic heterocycles. The maximum Gasteiger partial charge on any atom is 0.0926 e. The molecule has 5 heterocycles. The molecule has 4 bridgehead atoms. The van der Waals surface area contributed by atoms with Crippen LogP contribution < -0.4 is 0 Å². The maximum atomic E-state index is 4.99. The first-order chi connectivity index (χ1) is 18.6. The summed E-state index contributed by atoms with van der Waals surface area (Å²) in [5.74, 6) is 0. The van der Waals surface area contributed by atoms with Gasteiger partial charge in [-0.2, -0.15) is 20.4 Å². The summed E-state index contributed by atoms with van der Waals surface area (Å²) in [4.78, 5) is 0. The van der Waals surface area contributed by atoms with Gasteiger partial charge in [-0.3, -0.25) is 18.7 Å². The highest BCUT2D eigenvalue weighted by Crippen LogP contribution is 2.24. The molecule has 8 nitrogen and oxygen atoms in total. The Morgan fingerprint density at radius 2 is 0.895 bits per heavy atom. The van der Waals surface area contributed by atoms with Crippen LogP contribution in [0.15, 0.2) is 84.9 Å². The Kier molecular flexibility index (Phi) is 5.32. The van der Waals surface area contributed by atoms with Gasteiger partial charge in [-0.05, 0) is 38.1 Å². The SMILES string of the molecule is Cc1cc2nn1Cc1cc(-c3ccccc3)nn1Cc1cc(C)n(n1)Cc1cc(-c3ccccc3)nn1C2. The molecule has 188 valence electrons. The average Bonchev–Trinajstić information content (AvgIpc) is 3.69. The zero-order chi connectivity index (χ0) is 25.6. The largest absolute Gasteiger partial charge is 0.264 e. The molecule has 0 radical (unpaired) electrons. The minimum atomic E-state index is 0.595. The highest BCUT2D eigenvalue weighted by Gasteiger charge is 2.18. The zero-order valence-corrected chi connectivity index (χ0v) is 21.5. The first kappa shape index (κ1) is 22.5. The van der Waals surface area contributed by atoms with E-state index in [9.17, 15) is 0 Å². The lowest BCUT2D eigenvalue weighted by Gasteiger charge is -2.10. The van der Waals surface area contributed by atoms with Gasteiger partial charge in [0.2, 0.25) is 0 Å². The summed E-state index contributed by atoms with van der Waals surface area (Å²) in [6, 6.07) is 29.3. The van der Waals surface area contributed by atoms with Crippen LogP contribution in [0.2, 0.25) is 0 Å². The number of hydrogen-bond donors (Lipinski definition) is 0. The minimum absolute atomic E-state index is 0.595. The third kappa shape index (κ3) is 4.14. The summed E-state index contributed by atoms with van der Waals surface area (Å²) in [6.07, 6.45) is 0. The first-order valence-corrected chi connectivity index (χ1v) is 12.9. The molecule has 0 N–H and O–H groups in total. The topological polar surface area (TPSA) is 71.3 Å². The van der Waals surface area contributed by atoms with Crippen molar-refractivity contribution in [1.82, 2.24) is 39.1 Å². The summed E-state index contributed by atoms with van der Waals surface area (Å²) in [6.45, 7) is 6.67. The Morgan fingerprint density at radius 3 is 1.32 bits per heavy atom. The van der Waals surface area contributed by atoms with Gasteiger partial charge in [0.05, 0.1) is 60.3 Å². The van der Waals surface area contributed by atoms with Crippen molar-refractivity contribution in [3.63, 3.8) is 0 Å². The second-order valence-corrected chi connectivity index (χ2v) is 9.96. The molecule has 0 atom stereocenters. The molecule has 4 aromatic heterocycles. The minimum Gasteiger partial charge on any atom is -0.264 e. The highest BCUT2D eigenvalue weighted by molar-refractivity contribution is 5.60. The molecule has 0 amide bonds. The highest BCUT2D eigenvalue weighted by atomic mass is 15.4. The molecule has 0 saturated heterocycles. The third-order valence-electron chi connectivity index (χ3n) is 7.18. The Morgan fingerprint density at radius 1 is 0.474 bits per heavy atom. The Balaban J connectivity index is 1.34. The molecule has 2 aromatic carbocycles. The normalized spacial score (nSPS) is 13.1. The first-order valence-electron chi connectivity index (χ1n) is 12.9. The molecule has 8 heteroatoms. The molecule has 0 spiro atoms. The van der Waals surface area contributed by atoms with Crippen molar-refractivity contribution < 1.29 is 0 Å².